The zero-order valence-corrected chi connectivity index (χ0v) is 20.2. The van der Waals surface area contributed by atoms with Gasteiger partial charge in [0.25, 0.3) is 5.91 Å². The summed E-state index contributed by atoms with van der Waals surface area (Å²) in [4.78, 5) is 27.3. The van der Waals surface area contributed by atoms with Crippen molar-refractivity contribution in [3.8, 4) is 5.75 Å². The minimum Gasteiger partial charge on any atom is -0.484 e. The lowest BCUT2D eigenvalue weighted by molar-refractivity contribution is -0.135. The number of β-amino-alcohol motifs (C(OH)–C–C–N with tert-alkyl or cyclic N) is 1. The van der Waals surface area contributed by atoms with Gasteiger partial charge < -0.3 is 25.0 Å². The number of carbonyl (C=O) groups is 1. The minimum absolute atomic E-state index is 0.0563. The van der Waals surface area contributed by atoms with Gasteiger partial charge in [-0.05, 0) is 56.5 Å². The average Bonchev–Trinajstić information content (AvgIpc) is 3.36. The Hall–Kier alpha value is -2.91. The largest absolute Gasteiger partial charge is 0.484 e. The molecular weight excluding hydrogens is 432 g/mol. The third kappa shape index (κ3) is 6.36. The van der Waals surface area contributed by atoms with Crippen molar-refractivity contribution < 1.29 is 14.6 Å². The van der Waals surface area contributed by atoms with Gasteiger partial charge in [0.1, 0.15) is 23.7 Å². The van der Waals surface area contributed by atoms with E-state index in [9.17, 15) is 9.90 Å². The summed E-state index contributed by atoms with van der Waals surface area (Å²) >= 11 is 0. The van der Waals surface area contributed by atoms with E-state index in [4.69, 9.17) is 4.74 Å². The van der Waals surface area contributed by atoms with Gasteiger partial charge in [-0.1, -0.05) is 12.1 Å². The maximum absolute atomic E-state index is 12.7. The summed E-state index contributed by atoms with van der Waals surface area (Å²) in [6.45, 7) is 4.69. The van der Waals surface area contributed by atoms with Crippen LogP contribution in [0.3, 0.4) is 0 Å². The lowest BCUT2D eigenvalue weighted by Crippen LogP contribution is -2.55. The third-order valence-corrected chi connectivity index (χ3v) is 6.64. The van der Waals surface area contributed by atoms with Gasteiger partial charge in [-0.25, -0.2) is 9.97 Å². The molecule has 2 aromatic rings. The van der Waals surface area contributed by atoms with Gasteiger partial charge in [-0.2, -0.15) is 0 Å². The maximum Gasteiger partial charge on any atom is 0.260 e. The van der Waals surface area contributed by atoms with E-state index in [1.54, 1.807) is 11.9 Å². The van der Waals surface area contributed by atoms with Gasteiger partial charge in [0.05, 0.1) is 12.1 Å². The number of nitrogens with zero attached hydrogens (tertiary/aromatic N) is 5. The Morgan fingerprint density at radius 2 is 1.94 bits per heavy atom. The second-order valence-electron chi connectivity index (χ2n) is 9.43. The molecular formula is C25H36N6O3. The van der Waals surface area contributed by atoms with Crippen molar-refractivity contribution in [2.45, 2.75) is 37.8 Å². The summed E-state index contributed by atoms with van der Waals surface area (Å²) < 4.78 is 5.73. The van der Waals surface area contributed by atoms with Crippen LogP contribution < -0.4 is 15.0 Å². The highest BCUT2D eigenvalue weighted by Crippen LogP contribution is 2.26. The Kier molecular flexibility index (Phi) is 7.84. The van der Waals surface area contributed by atoms with E-state index < -0.39 is 5.60 Å². The molecule has 1 aromatic carbocycles. The van der Waals surface area contributed by atoms with E-state index in [-0.39, 0.29) is 19.1 Å². The monoisotopic (exact) mass is 468 g/mol. The first-order chi connectivity index (χ1) is 16.4. The van der Waals surface area contributed by atoms with E-state index in [0.717, 1.165) is 31.1 Å². The number of ether oxygens (including phenoxy) is 1. The number of hydrogen-bond acceptors (Lipinski definition) is 8. The highest BCUT2D eigenvalue weighted by molar-refractivity contribution is 5.77. The Balaban J connectivity index is 1.26. The Morgan fingerprint density at radius 3 is 2.68 bits per heavy atom. The predicted molar refractivity (Wildman–Crippen MR) is 132 cm³/mol. The number of likely N-dealkylation sites (tertiary alicyclic amines) is 1. The average molecular weight is 469 g/mol. The van der Waals surface area contributed by atoms with Crippen molar-refractivity contribution in [3.05, 3.63) is 42.2 Å². The SMILES string of the molecule is CNc1cc(N2CCC[C@@](O)(CN(C)C(=O)COc3ccc(CN4CCCC4)cc3)C2)ncn1. The van der Waals surface area contributed by atoms with Crippen molar-refractivity contribution >= 4 is 17.5 Å². The first kappa shape index (κ1) is 24.2. The normalized spacial score (nSPS) is 20.9. The van der Waals surface area contributed by atoms with Crippen LogP contribution in [0.4, 0.5) is 11.6 Å². The number of carbonyl (C=O) groups excluding carboxylic acids is 1. The number of rotatable bonds is 9. The van der Waals surface area contributed by atoms with Gasteiger partial charge in [-0.15, -0.1) is 0 Å². The fourth-order valence-electron chi connectivity index (χ4n) is 4.77. The van der Waals surface area contributed by atoms with Crippen LogP contribution in [0.25, 0.3) is 0 Å². The number of nitrogens with one attached hydrogen (secondary N) is 1. The van der Waals surface area contributed by atoms with Crippen LogP contribution in [0.5, 0.6) is 5.75 Å². The second kappa shape index (κ2) is 11.0. The minimum atomic E-state index is -1.01. The summed E-state index contributed by atoms with van der Waals surface area (Å²) in [5.41, 5.74) is 0.247. The molecule has 2 N–H and O–H groups in total. The van der Waals surface area contributed by atoms with E-state index >= 15 is 0 Å². The van der Waals surface area contributed by atoms with E-state index in [0.29, 0.717) is 18.7 Å². The highest BCUT2D eigenvalue weighted by Gasteiger charge is 2.36. The molecule has 2 saturated heterocycles. The molecule has 0 aliphatic carbocycles. The molecule has 2 aliphatic rings. The molecule has 3 heterocycles. The molecule has 9 heteroatoms. The summed E-state index contributed by atoms with van der Waals surface area (Å²) in [5.74, 6) is 2.01. The first-order valence-electron chi connectivity index (χ1n) is 12.1. The predicted octanol–water partition coefficient (Wildman–Crippen LogP) is 1.98. The maximum atomic E-state index is 12.7. The van der Waals surface area contributed by atoms with Crippen LogP contribution in [-0.2, 0) is 11.3 Å². The highest BCUT2D eigenvalue weighted by atomic mass is 16.5. The van der Waals surface area contributed by atoms with Crippen LogP contribution in [0.2, 0.25) is 0 Å². The fourth-order valence-corrected chi connectivity index (χ4v) is 4.77. The topological polar surface area (TPSA) is 94.1 Å². The molecule has 1 aromatic heterocycles. The quantitative estimate of drug-likeness (QED) is 0.577. The van der Waals surface area contributed by atoms with Gasteiger partial charge in [-0.3, -0.25) is 9.69 Å². The Bertz CT molecular complexity index is 950. The number of anilines is 2. The molecule has 0 bridgehead atoms. The summed E-state index contributed by atoms with van der Waals surface area (Å²) in [7, 11) is 3.52. The molecule has 34 heavy (non-hydrogen) atoms. The first-order valence-corrected chi connectivity index (χ1v) is 12.1. The van der Waals surface area contributed by atoms with Crippen molar-refractivity contribution in [1.29, 1.82) is 0 Å². The zero-order valence-electron chi connectivity index (χ0n) is 20.2. The van der Waals surface area contributed by atoms with Crippen molar-refractivity contribution in [3.63, 3.8) is 0 Å². The van der Waals surface area contributed by atoms with Gasteiger partial charge in [0, 0.05) is 39.8 Å². The summed E-state index contributed by atoms with van der Waals surface area (Å²) in [6.07, 6.45) is 5.52. The van der Waals surface area contributed by atoms with Crippen LogP contribution in [-0.4, -0.2) is 89.8 Å². The molecule has 1 atom stereocenters. The van der Waals surface area contributed by atoms with Crippen LogP contribution in [0, 0.1) is 0 Å². The van der Waals surface area contributed by atoms with Crippen LogP contribution in [0.1, 0.15) is 31.2 Å². The number of aliphatic hydroxyl groups is 1. The standard InChI is InChI=1S/C25H36N6O3/c1-26-22-14-23(28-19-27-22)31-13-5-10-25(33,18-31)17-29(2)24(32)16-34-21-8-6-20(7-9-21)15-30-11-3-4-12-30/h6-9,14,19,33H,3-5,10-13,15-18H2,1-2H3,(H,26,27,28)/t25-/m1/s1. The molecule has 0 radical (unpaired) electrons. The number of likely N-dealkylation sites (N-methyl/N-ethyl adjacent to an activating group) is 1. The molecule has 0 unspecified atom stereocenters. The molecule has 9 nitrogen and oxygen atoms in total. The molecule has 4 rings (SSSR count). The third-order valence-electron chi connectivity index (χ3n) is 6.64. The van der Waals surface area contributed by atoms with Crippen molar-refractivity contribution in [1.82, 2.24) is 19.8 Å². The molecule has 2 fully saturated rings. The number of benzene rings is 1. The number of aromatic nitrogens is 2. The molecule has 0 saturated carbocycles. The van der Waals surface area contributed by atoms with Crippen molar-refractivity contribution in [2.24, 2.45) is 0 Å². The van der Waals surface area contributed by atoms with Crippen LogP contribution >= 0.6 is 0 Å². The lowest BCUT2D eigenvalue weighted by atomic mass is 9.92. The van der Waals surface area contributed by atoms with Crippen molar-refractivity contribution in [2.75, 3.05) is 63.6 Å². The fraction of sp³-hybridized carbons (Fsp3) is 0.560. The smallest absolute Gasteiger partial charge is 0.260 e. The van der Waals surface area contributed by atoms with Crippen LogP contribution in [0.15, 0.2) is 36.7 Å². The van der Waals surface area contributed by atoms with Gasteiger partial charge in [0.15, 0.2) is 6.61 Å². The van der Waals surface area contributed by atoms with Gasteiger partial charge in [0.2, 0.25) is 0 Å². The van der Waals surface area contributed by atoms with Gasteiger partial charge >= 0.3 is 0 Å². The zero-order chi connectivity index (χ0) is 24.0. The molecule has 2 aliphatic heterocycles. The summed E-state index contributed by atoms with van der Waals surface area (Å²) in [5, 5.41) is 14.3. The van der Waals surface area contributed by atoms with E-state index in [2.05, 4.69) is 32.3 Å². The summed E-state index contributed by atoms with van der Waals surface area (Å²) in [6, 6.07) is 9.84. The molecule has 0 spiro atoms. The van der Waals surface area contributed by atoms with E-state index in [1.807, 2.05) is 30.1 Å². The lowest BCUT2D eigenvalue weighted by Gasteiger charge is -2.41. The number of hydrogen-bond donors (Lipinski definition) is 2. The second-order valence-corrected chi connectivity index (χ2v) is 9.43. The molecule has 184 valence electrons. The van der Waals surface area contributed by atoms with E-state index in [1.165, 1.54) is 37.8 Å². The Labute approximate surface area is 201 Å². The Morgan fingerprint density at radius 1 is 1.18 bits per heavy atom. The number of amides is 1. The number of piperidine rings is 1. The molecule has 1 amide bonds.